The van der Waals surface area contributed by atoms with Crippen LogP contribution in [0.1, 0.15) is 22.6 Å². The Bertz CT molecular complexity index is 857. The molecule has 0 amide bonds. The molecule has 0 radical (unpaired) electrons. The zero-order valence-corrected chi connectivity index (χ0v) is 18.1. The van der Waals surface area contributed by atoms with Crippen molar-refractivity contribution in [3.63, 3.8) is 0 Å². The SMILES string of the molecule is CN=C(NCc1nnc(C)n1C)NCC(O)c1cc2ccccc2s1.I. The number of halogens is 1. The van der Waals surface area contributed by atoms with Crippen molar-refractivity contribution in [2.24, 2.45) is 12.0 Å². The van der Waals surface area contributed by atoms with Crippen molar-refractivity contribution in [1.82, 2.24) is 25.4 Å². The minimum atomic E-state index is -0.590. The number of aromatic nitrogens is 3. The van der Waals surface area contributed by atoms with Crippen LogP contribution in [0.25, 0.3) is 10.1 Å². The molecule has 26 heavy (non-hydrogen) atoms. The van der Waals surface area contributed by atoms with Crippen LogP contribution in [0.3, 0.4) is 0 Å². The number of aliphatic imine (C=N–C) groups is 1. The number of hydrogen-bond acceptors (Lipinski definition) is 5. The van der Waals surface area contributed by atoms with Crippen LogP contribution in [-0.2, 0) is 13.6 Å². The average molecular weight is 486 g/mol. The van der Waals surface area contributed by atoms with Gasteiger partial charge in [0.2, 0.25) is 0 Å². The standard InChI is InChI=1S/C17H22N6OS.HI/c1-11-21-22-16(23(11)3)10-20-17(18-2)19-9-13(24)15-8-12-6-4-5-7-14(12)25-15;/h4-8,13,24H,9-10H2,1-3H3,(H2,18,19,20);1H. The molecule has 3 rings (SSSR count). The van der Waals surface area contributed by atoms with Gasteiger partial charge in [0.05, 0.1) is 6.54 Å². The summed E-state index contributed by atoms with van der Waals surface area (Å²) < 4.78 is 3.10. The van der Waals surface area contributed by atoms with Crippen LogP contribution in [0.5, 0.6) is 0 Å². The van der Waals surface area contributed by atoms with Gasteiger partial charge in [0.1, 0.15) is 11.9 Å². The molecule has 0 spiro atoms. The first-order valence-corrected chi connectivity index (χ1v) is 8.86. The highest BCUT2D eigenvalue weighted by Gasteiger charge is 2.12. The van der Waals surface area contributed by atoms with Crippen molar-refractivity contribution in [3.8, 4) is 0 Å². The molecule has 2 aromatic heterocycles. The minimum Gasteiger partial charge on any atom is -0.386 e. The van der Waals surface area contributed by atoms with Crippen LogP contribution < -0.4 is 10.6 Å². The van der Waals surface area contributed by atoms with Crippen molar-refractivity contribution in [2.45, 2.75) is 19.6 Å². The van der Waals surface area contributed by atoms with Crippen LogP contribution in [0.15, 0.2) is 35.3 Å². The Morgan fingerprint density at radius 2 is 2.08 bits per heavy atom. The summed E-state index contributed by atoms with van der Waals surface area (Å²) >= 11 is 1.61. The average Bonchev–Trinajstić information content (AvgIpc) is 3.19. The topological polar surface area (TPSA) is 87.4 Å². The van der Waals surface area contributed by atoms with Crippen molar-refractivity contribution in [1.29, 1.82) is 0 Å². The number of aliphatic hydroxyl groups excluding tert-OH is 1. The maximum Gasteiger partial charge on any atom is 0.191 e. The molecular weight excluding hydrogens is 463 g/mol. The molecule has 140 valence electrons. The second-order valence-corrected chi connectivity index (χ2v) is 6.85. The van der Waals surface area contributed by atoms with Crippen molar-refractivity contribution in [3.05, 3.63) is 46.9 Å². The number of rotatable bonds is 5. The lowest BCUT2D eigenvalue weighted by molar-refractivity contribution is 0.184. The molecule has 3 N–H and O–H groups in total. The predicted octanol–water partition coefficient (Wildman–Crippen LogP) is 2.35. The molecule has 0 aliphatic rings. The van der Waals surface area contributed by atoms with Crippen LogP contribution >= 0.6 is 35.3 Å². The highest BCUT2D eigenvalue weighted by molar-refractivity contribution is 14.0. The van der Waals surface area contributed by atoms with Crippen LogP contribution in [0.4, 0.5) is 0 Å². The number of aryl methyl sites for hydroxylation is 1. The molecule has 7 nitrogen and oxygen atoms in total. The summed E-state index contributed by atoms with van der Waals surface area (Å²) in [6, 6.07) is 10.2. The van der Waals surface area contributed by atoms with Crippen molar-refractivity contribution in [2.75, 3.05) is 13.6 Å². The zero-order valence-electron chi connectivity index (χ0n) is 14.9. The monoisotopic (exact) mass is 486 g/mol. The molecule has 0 aliphatic heterocycles. The van der Waals surface area contributed by atoms with E-state index in [0.717, 1.165) is 21.9 Å². The molecule has 1 atom stereocenters. The first kappa shape index (κ1) is 20.6. The Morgan fingerprint density at radius 3 is 2.73 bits per heavy atom. The van der Waals surface area contributed by atoms with Gasteiger partial charge in [-0.3, -0.25) is 4.99 Å². The molecule has 1 unspecified atom stereocenters. The number of aliphatic hydroxyl groups is 1. The van der Waals surface area contributed by atoms with E-state index in [1.807, 2.05) is 36.7 Å². The van der Waals surface area contributed by atoms with Gasteiger partial charge in [-0.15, -0.1) is 45.5 Å². The maximum absolute atomic E-state index is 10.4. The summed E-state index contributed by atoms with van der Waals surface area (Å²) in [5.41, 5.74) is 0. The van der Waals surface area contributed by atoms with Crippen molar-refractivity contribution >= 4 is 51.4 Å². The minimum absolute atomic E-state index is 0. The fourth-order valence-electron chi connectivity index (χ4n) is 2.45. The second kappa shape index (κ2) is 9.28. The highest BCUT2D eigenvalue weighted by Crippen LogP contribution is 2.29. The fourth-order valence-corrected chi connectivity index (χ4v) is 3.50. The molecule has 1 aromatic carbocycles. The number of nitrogens with one attached hydrogen (secondary N) is 2. The van der Waals surface area contributed by atoms with Crippen LogP contribution in [0.2, 0.25) is 0 Å². The fraction of sp³-hybridized carbons (Fsp3) is 0.353. The summed E-state index contributed by atoms with van der Waals surface area (Å²) in [6.07, 6.45) is -0.590. The van der Waals surface area contributed by atoms with E-state index >= 15 is 0 Å². The van der Waals surface area contributed by atoms with Crippen LogP contribution in [0, 0.1) is 6.92 Å². The molecule has 0 aliphatic carbocycles. The first-order valence-electron chi connectivity index (χ1n) is 8.04. The van der Waals surface area contributed by atoms with Gasteiger partial charge in [-0.1, -0.05) is 18.2 Å². The van der Waals surface area contributed by atoms with E-state index in [2.05, 4.69) is 38.0 Å². The second-order valence-electron chi connectivity index (χ2n) is 5.73. The van der Waals surface area contributed by atoms with Crippen molar-refractivity contribution < 1.29 is 5.11 Å². The van der Waals surface area contributed by atoms with Crippen LogP contribution in [-0.4, -0.2) is 39.4 Å². The van der Waals surface area contributed by atoms with E-state index in [1.165, 1.54) is 4.70 Å². The first-order chi connectivity index (χ1) is 12.1. The predicted molar refractivity (Wildman–Crippen MR) is 116 cm³/mol. The Hall–Kier alpha value is -1.72. The largest absolute Gasteiger partial charge is 0.386 e. The van der Waals surface area contributed by atoms with E-state index in [4.69, 9.17) is 0 Å². The lowest BCUT2D eigenvalue weighted by Gasteiger charge is -2.14. The molecule has 3 aromatic rings. The summed E-state index contributed by atoms with van der Waals surface area (Å²) in [4.78, 5) is 5.12. The van der Waals surface area contributed by atoms with E-state index in [1.54, 1.807) is 18.4 Å². The Kier molecular flexibility index (Phi) is 7.35. The molecule has 0 bridgehead atoms. The number of thiophene rings is 1. The van der Waals surface area contributed by atoms with Gasteiger partial charge in [-0.05, 0) is 24.4 Å². The van der Waals surface area contributed by atoms with E-state index in [0.29, 0.717) is 19.0 Å². The highest BCUT2D eigenvalue weighted by atomic mass is 127. The van der Waals surface area contributed by atoms with Gasteiger partial charge in [-0.25, -0.2) is 0 Å². The third-order valence-electron chi connectivity index (χ3n) is 4.06. The maximum atomic E-state index is 10.4. The van der Waals surface area contributed by atoms with E-state index < -0.39 is 6.10 Å². The molecule has 2 heterocycles. The van der Waals surface area contributed by atoms with E-state index in [-0.39, 0.29) is 24.0 Å². The van der Waals surface area contributed by atoms with Gasteiger partial charge in [0, 0.05) is 30.2 Å². The molecule has 9 heteroatoms. The van der Waals surface area contributed by atoms with Gasteiger partial charge >= 0.3 is 0 Å². The van der Waals surface area contributed by atoms with Gasteiger partial charge in [-0.2, -0.15) is 0 Å². The Balaban J connectivity index is 0.00000243. The molecule has 0 saturated carbocycles. The third kappa shape index (κ3) is 4.71. The Morgan fingerprint density at radius 1 is 1.31 bits per heavy atom. The summed E-state index contributed by atoms with van der Waals surface area (Å²) in [6.45, 7) is 2.80. The third-order valence-corrected chi connectivity index (χ3v) is 5.27. The molecular formula is C17H23IN6OS. The smallest absolute Gasteiger partial charge is 0.191 e. The summed E-state index contributed by atoms with van der Waals surface area (Å²) in [5, 5.41) is 26.1. The lowest BCUT2D eigenvalue weighted by atomic mass is 10.2. The van der Waals surface area contributed by atoms with Gasteiger partial charge < -0.3 is 20.3 Å². The number of fused-ring (bicyclic) bond motifs is 1. The molecule has 0 fully saturated rings. The number of hydrogen-bond donors (Lipinski definition) is 3. The Labute approximate surface area is 173 Å². The quantitative estimate of drug-likeness (QED) is 0.293. The molecule has 0 saturated heterocycles. The number of nitrogens with zero attached hydrogens (tertiary/aromatic N) is 4. The van der Waals surface area contributed by atoms with Gasteiger partial charge in [0.15, 0.2) is 11.8 Å². The van der Waals surface area contributed by atoms with Gasteiger partial charge in [0.25, 0.3) is 0 Å². The number of benzene rings is 1. The number of guanidine groups is 1. The summed E-state index contributed by atoms with van der Waals surface area (Å²) in [5.74, 6) is 2.30. The normalized spacial score (nSPS) is 12.7. The summed E-state index contributed by atoms with van der Waals surface area (Å²) in [7, 11) is 3.62. The van der Waals surface area contributed by atoms with E-state index in [9.17, 15) is 5.11 Å². The zero-order chi connectivity index (χ0) is 17.8. The lowest BCUT2D eigenvalue weighted by Crippen LogP contribution is -2.39.